The maximum atomic E-state index is 10.1. The number of carbonyl (C=O) groups excluding carboxylic acids is 1. The molecule has 5 heteroatoms. The molecule has 0 N–H and O–H groups in total. The van der Waals surface area contributed by atoms with Crippen LogP contribution in [-0.2, 0) is 14.3 Å². The highest BCUT2D eigenvalue weighted by molar-refractivity contribution is 8.10. The van der Waals surface area contributed by atoms with Crippen LogP contribution in [0.2, 0.25) is 0 Å². The SMILES string of the molecule is CC(=O)OCOC(=S)S. The number of esters is 1. The average Bonchev–Trinajstić information content (AvgIpc) is 1.63. The Balaban J connectivity index is 3.10. The molecule has 0 saturated carbocycles. The van der Waals surface area contributed by atoms with E-state index in [1.807, 2.05) is 0 Å². The molecular formula is C4H6O3S2. The summed E-state index contributed by atoms with van der Waals surface area (Å²) in [7, 11) is 0. The molecule has 0 bridgehead atoms. The molecule has 0 aromatic rings. The number of carbonyl (C=O) groups is 1. The molecule has 0 aliphatic heterocycles. The largest absolute Gasteiger partial charge is 0.441 e. The molecule has 0 radical (unpaired) electrons. The molecule has 0 heterocycles. The van der Waals surface area contributed by atoms with Gasteiger partial charge in [-0.15, -0.1) is 0 Å². The lowest BCUT2D eigenvalue weighted by atomic mass is 10.8. The molecule has 0 spiro atoms. The summed E-state index contributed by atoms with van der Waals surface area (Å²) in [6, 6.07) is 0. The fraction of sp³-hybridized carbons (Fsp3) is 0.500. The number of rotatable bonds is 2. The van der Waals surface area contributed by atoms with Gasteiger partial charge in [0.15, 0.2) is 0 Å². The molecule has 0 aromatic carbocycles. The second-order valence-electron chi connectivity index (χ2n) is 1.16. The average molecular weight is 166 g/mol. The van der Waals surface area contributed by atoms with E-state index >= 15 is 0 Å². The van der Waals surface area contributed by atoms with Crippen molar-refractivity contribution < 1.29 is 14.3 Å². The van der Waals surface area contributed by atoms with Gasteiger partial charge in [-0.1, -0.05) is 12.6 Å². The zero-order valence-corrected chi connectivity index (χ0v) is 6.50. The molecule has 0 aliphatic carbocycles. The predicted molar refractivity (Wildman–Crippen MR) is 39.3 cm³/mol. The highest BCUT2D eigenvalue weighted by Gasteiger charge is 1.91. The van der Waals surface area contributed by atoms with Crippen molar-refractivity contribution >= 4 is 35.2 Å². The summed E-state index contributed by atoms with van der Waals surface area (Å²) in [5, 5.41) is 0. The van der Waals surface area contributed by atoms with Gasteiger partial charge in [0.05, 0.1) is 0 Å². The minimum absolute atomic E-state index is 0.0660. The van der Waals surface area contributed by atoms with E-state index in [9.17, 15) is 4.79 Å². The molecular weight excluding hydrogens is 160 g/mol. The molecule has 0 saturated heterocycles. The second-order valence-corrected chi connectivity index (χ2v) is 2.24. The van der Waals surface area contributed by atoms with Crippen LogP contribution in [0.4, 0.5) is 0 Å². The number of ether oxygens (including phenoxy) is 2. The number of hydrogen-bond acceptors (Lipinski definition) is 4. The first kappa shape index (κ1) is 8.71. The van der Waals surface area contributed by atoms with Crippen LogP contribution in [0.25, 0.3) is 0 Å². The minimum Gasteiger partial charge on any atom is -0.441 e. The second kappa shape index (κ2) is 4.58. The quantitative estimate of drug-likeness (QED) is 0.284. The summed E-state index contributed by atoms with van der Waals surface area (Å²) in [4.78, 5) is 10.1. The molecule has 52 valence electrons. The van der Waals surface area contributed by atoms with Crippen molar-refractivity contribution in [3.05, 3.63) is 0 Å². The Bertz CT molecular complexity index is 109. The minimum atomic E-state index is -0.403. The van der Waals surface area contributed by atoms with Crippen LogP contribution in [-0.4, -0.2) is 17.1 Å². The lowest BCUT2D eigenvalue weighted by Crippen LogP contribution is -2.05. The Morgan fingerprint density at radius 3 is 2.56 bits per heavy atom. The maximum absolute atomic E-state index is 10.1. The predicted octanol–water partition coefficient (Wildman–Crippen LogP) is 0.738. The molecule has 0 aromatic heterocycles. The first-order valence-corrected chi connectivity index (χ1v) is 2.97. The van der Waals surface area contributed by atoms with Crippen molar-refractivity contribution in [1.82, 2.24) is 0 Å². The van der Waals surface area contributed by atoms with Gasteiger partial charge in [0, 0.05) is 6.92 Å². The van der Waals surface area contributed by atoms with Crippen molar-refractivity contribution in [3.63, 3.8) is 0 Å². The van der Waals surface area contributed by atoms with Gasteiger partial charge in [-0.3, -0.25) is 4.79 Å². The van der Waals surface area contributed by atoms with Crippen molar-refractivity contribution in [2.75, 3.05) is 6.79 Å². The third-order valence-corrected chi connectivity index (χ3v) is 0.692. The van der Waals surface area contributed by atoms with Crippen molar-refractivity contribution in [2.24, 2.45) is 0 Å². The van der Waals surface area contributed by atoms with E-state index in [0.29, 0.717) is 0 Å². The van der Waals surface area contributed by atoms with E-state index in [1.54, 1.807) is 0 Å². The first-order chi connectivity index (χ1) is 4.13. The zero-order chi connectivity index (χ0) is 7.28. The highest BCUT2D eigenvalue weighted by atomic mass is 32.1. The fourth-order valence-electron chi connectivity index (χ4n) is 0.163. The van der Waals surface area contributed by atoms with Crippen LogP contribution in [0.1, 0.15) is 6.92 Å². The van der Waals surface area contributed by atoms with Crippen LogP contribution in [0.15, 0.2) is 0 Å². The van der Waals surface area contributed by atoms with E-state index in [-0.39, 0.29) is 11.2 Å². The topological polar surface area (TPSA) is 35.5 Å². The molecule has 3 nitrogen and oxygen atoms in total. The van der Waals surface area contributed by atoms with Crippen molar-refractivity contribution in [2.45, 2.75) is 6.92 Å². The van der Waals surface area contributed by atoms with Crippen molar-refractivity contribution in [3.8, 4) is 0 Å². The Hall–Kier alpha value is -0.290. The Morgan fingerprint density at radius 1 is 1.67 bits per heavy atom. The van der Waals surface area contributed by atoms with Gasteiger partial charge in [0.2, 0.25) is 11.2 Å². The summed E-state index contributed by atoms with van der Waals surface area (Å²) in [5.41, 5.74) is 0. The zero-order valence-electron chi connectivity index (χ0n) is 4.79. The third kappa shape index (κ3) is 7.71. The Morgan fingerprint density at radius 2 is 2.22 bits per heavy atom. The molecule has 0 fully saturated rings. The highest BCUT2D eigenvalue weighted by Crippen LogP contribution is 1.87. The van der Waals surface area contributed by atoms with E-state index in [1.165, 1.54) is 6.92 Å². The molecule has 0 aliphatic rings. The van der Waals surface area contributed by atoms with Crippen LogP contribution in [0, 0.1) is 0 Å². The van der Waals surface area contributed by atoms with Gasteiger partial charge < -0.3 is 9.47 Å². The van der Waals surface area contributed by atoms with Gasteiger partial charge in [-0.25, -0.2) is 0 Å². The van der Waals surface area contributed by atoms with E-state index in [4.69, 9.17) is 0 Å². The van der Waals surface area contributed by atoms with Crippen molar-refractivity contribution in [1.29, 1.82) is 0 Å². The third-order valence-electron chi connectivity index (χ3n) is 0.445. The summed E-state index contributed by atoms with van der Waals surface area (Å²) in [6.45, 7) is 1.13. The van der Waals surface area contributed by atoms with E-state index < -0.39 is 5.97 Å². The maximum Gasteiger partial charge on any atom is 0.305 e. The normalized spacial score (nSPS) is 8.22. The van der Waals surface area contributed by atoms with Gasteiger partial charge >= 0.3 is 5.97 Å². The fourth-order valence-corrected chi connectivity index (χ4v) is 0.264. The summed E-state index contributed by atoms with van der Waals surface area (Å²) in [5.74, 6) is -0.403. The Kier molecular flexibility index (Phi) is 4.43. The summed E-state index contributed by atoms with van der Waals surface area (Å²) in [6.07, 6.45) is 0. The van der Waals surface area contributed by atoms with Crippen LogP contribution in [0.5, 0.6) is 0 Å². The lowest BCUT2D eigenvalue weighted by molar-refractivity contribution is -0.147. The first-order valence-electron chi connectivity index (χ1n) is 2.12. The molecule has 0 rings (SSSR count). The smallest absolute Gasteiger partial charge is 0.305 e. The summed E-state index contributed by atoms with van der Waals surface area (Å²) < 4.78 is 8.93. The van der Waals surface area contributed by atoms with Crippen LogP contribution in [0.3, 0.4) is 0 Å². The number of thiol groups is 1. The van der Waals surface area contributed by atoms with E-state index in [0.717, 1.165) is 0 Å². The molecule has 0 unspecified atom stereocenters. The standard InChI is InChI=1S/C4H6O3S2/c1-3(5)6-2-7-4(8)9/h2H2,1H3,(H,8,9). The monoisotopic (exact) mass is 166 g/mol. The van der Waals surface area contributed by atoms with E-state index in [2.05, 4.69) is 34.3 Å². The van der Waals surface area contributed by atoms with Gasteiger partial charge in [0.1, 0.15) is 0 Å². The van der Waals surface area contributed by atoms with Crippen LogP contribution < -0.4 is 0 Å². The molecule has 9 heavy (non-hydrogen) atoms. The van der Waals surface area contributed by atoms with Crippen LogP contribution >= 0.6 is 24.8 Å². The van der Waals surface area contributed by atoms with Gasteiger partial charge in [-0.05, 0) is 12.2 Å². The number of thiocarbonyl (C=S) groups is 1. The molecule has 0 amide bonds. The number of hydrogen-bond donors (Lipinski definition) is 1. The lowest BCUT2D eigenvalue weighted by Gasteiger charge is -2.00. The van der Waals surface area contributed by atoms with Gasteiger partial charge in [0.25, 0.3) is 0 Å². The summed E-state index contributed by atoms with van der Waals surface area (Å²) >= 11 is 8.02. The Labute approximate surface area is 63.7 Å². The molecule has 0 atom stereocenters. The van der Waals surface area contributed by atoms with Gasteiger partial charge in [-0.2, -0.15) is 0 Å².